The number of hydrogen-bond acceptors (Lipinski definition) is 2. The van der Waals surface area contributed by atoms with Gasteiger partial charge in [-0.3, -0.25) is 4.99 Å². The van der Waals surface area contributed by atoms with Gasteiger partial charge in [-0.15, -0.1) is 24.0 Å². The second-order valence-electron chi connectivity index (χ2n) is 5.14. The van der Waals surface area contributed by atoms with Crippen molar-refractivity contribution in [1.29, 1.82) is 0 Å². The zero-order valence-corrected chi connectivity index (χ0v) is 15.1. The molecule has 0 aromatic carbocycles. The molecular weight excluding hydrogens is 351 g/mol. The third kappa shape index (κ3) is 8.68. The van der Waals surface area contributed by atoms with Crippen LogP contribution in [0.25, 0.3) is 0 Å². The third-order valence-corrected chi connectivity index (χ3v) is 3.58. The van der Waals surface area contributed by atoms with Crippen molar-refractivity contribution in [1.82, 2.24) is 15.5 Å². The highest BCUT2D eigenvalue weighted by atomic mass is 127. The molecule has 1 aliphatic carbocycles. The van der Waals surface area contributed by atoms with Crippen molar-refractivity contribution in [3.8, 4) is 0 Å². The standard InChI is InChI=1S/C14H30N4.HI/c1-4-15-14(16-11-12-18(3)5-2)17-13-9-7-6-8-10-13;/h13H,4-12H2,1-3H3,(H2,15,16,17);1H. The van der Waals surface area contributed by atoms with E-state index >= 15 is 0 Å². The maximum absolute atomic E-state index is 4.65. The summed E-state index contributed by atoms with van der Waals surface area (Å²) in [6, 6.07) is 0.625. The first-order valence-corrected chi connectivity index (χ1v) is 7.49. The van der Waals surface area contributed by atoms with Crippen LogP contribution in [0.5, 0.6) is 0 Å². The lowest BCUT2D eigenvalue weighted by molar-refractivity contribution is 0.362. The van der Waals surface area contributed by atoms with Crippen molar-refractivity contribution in [2.75, 3.05) is 33.2 Å². The van der Waals surface area contributed by atoms with Gasteiger partial charge in [0.05, 0.1) is 6.54 Å². The Morgan fingerprint density at radius 1 is 1.21 bits per heavy atom. The van der Waals surface area contributed by atoms with Crippen LogP contribution in [-0.4, -0.2) is 50.1 Å². The molecule has 0 amide bonds. The van der Waals surface area contributed by atoms with Gasteiger partial charge in [0.2, 0.25) is 0 Å². The second-order valence-corrected chi connectivity index (χ2v) is 5.14. The highest BCUT2D eigenvalue weighted by Gasteiger charge is 2.14. The van der Waals surface area contributed by atoms with E-state index in [1.165, 1.54) is 32.1 Å². The van der Waals surface area contributed by atoms with Crippen LogP contribution in [0.2, 0.25) is 0 Å². The Morgan fingerprint density at radius 3 is 2.47 bits per heavy atom. The van der Waals surface area contributed by atoms with Gasteiger partial charge in [-0.2, -0.15) is 0 Å². The number of likely N-dealkylation sites (N-methyl/N-ethyl adjacent to an activating group) is 1. The van der Waals surface area contributed by atoms with Crippen LogP contribution in [0.15, 0.2) is 4.99 Å². The predicted molar refractivity (Wildman–Crippen MR) is 94.6 cm³/mol. The van der Waals surface area contributed by atoms with E-state index in [0.717, 1.165) is 32.1 Å². The highest BCUT2D eigenvalue weighted by Crippen LogP contribution is 2.17. The van der Waals surface area contributed by atoms with Gasteiger partial charge in [0.1, 0.15) is 0 Å². The fraction of sp³-hybridized carbons (Fsp3) is 0.929. The van der Waals surface area contributed by atoms with Crippen LogP contribution in [0.3, 0.4) is 0 Å². The molecule has 19 heavy (non-hydrogen) atoms. The molecule has 0 spiro atoms. The molecule has 5 heteroatoms. The second kappa shape index (κ2) is 11.8. The Bertz CT molecular complexity index is 240. The number of hydrogen-bond donors (Lipinski definition) is 2. The number of nitrogens with zero attached hydrogens (tertiary/aromatic N) is 2. The van der Waals surface area contributed by atoms with Crippen molar-refractivity contribution in [2.24, 2.45) is 4.99 Å². The van der Waals surface area contributed by atoms with Crippen LogP contribution in [0.1, 0.15) is 46.0 Å². The summed E-state index contributed by atoms with van der Waals surface area (Å²) in [5.74, 6) is 0.994. The molecule has 1 saturated carbocycles. The minimum atomic E-state index is 0. The van der Waals surface area contributed by atoms with Gasteiger partial charge in [-0.25, -0.2) is 0 Å². The van der Waals surface area contributed by atoms with Crippen molar-refractivity contribution >= 4 is 29.9 Å². The van der Waals surface area contributed by atoms with Gasteiger partial charge >= 0.3 is 0 Å². The van der Waals surface area contributed by atoms with E-state index in [1.54, 1.807) is 0 Å². The predicted octanol–water partition coefficient (Wildman–Crippen LogP) is 2.44. The molecule has 0 saturated heterocycles. The molecule has 0 heterocycles. The number of nitrogens with one attached hydrogen (secondary N) is 2. The lowest BCUT2D eigenvalue weighted by atomic mass is 9.96. The average Bonchev–Trinajstić information content (AvgIpc) is 2.40. The van der Waals surface area contributed by atoms with Crippen molar-refractivity contribution in [2.45, 2.75) is 52.0 Å². The van der Waals surface area contributed by atoms with Crippen molar-refractivity contribution in [3.63, 3.8) is 0 Å². The number of rotatable bonds is 6. The molecule has 1 rings (SSSR count). The molecule has 0 atom stereocenters. The van der Waals surface area contributed by atoms with Gasteiger partial charge in [0.15, 0.2) is 5.96 Å². The van der Waals surface area contributed by atoms with Crippen molar-refractivity contribution < 1.29 is 0 Å². The van der Waals surface area contributed by atoms with Gasteiger partial charge in [0.25, 0.3) is 0 Å². The quantitative estimate of drug-likeness (QED) is 0.421. The van der Waals surface area contributed by atoms with Gasteiger partial charge < -0.3 is 15.5 Å². The molecule has 1 aliphatic rings. The smallest absolute Gasteiger partial charge is 0.191 e. The van der Waals surface area contributed by atoms with Crippen LogP contribution < -0.4 is 10.6 Å². The molecule has 114 valence electrons. The van der Waals surface area contributed by atoms with E-state index in [2.05, 4.69) is 41.4 Å². The average molecular weight is 382 g/mol. The van der Waals surface area contributed by atoms with Crippen LogP contribution in [0.4, 0.5) is 0 Å². The first kappa shape index (κ1) is 19.0. The van der Waals surface area contributed by atoms with Crippen LogP contribution in [0, 0.1) is 0 Å². The third-order valence-electron chi connectivity index (χ3n) is 3.58. The van der Waals surface area contributed by atoms with E-state index < -0.39 is 0 Å². The number of aliphatic imine (C=N–C) groups is 1. The molecule has 0 unspecified atom stereocenters. The molecule has 0 aliphatic heterocycles. The summed E-state index contributed by atoms with van der Waals surface area (Å²) in [5.41, 5.74) is 0. The topological polar surface area (TPSA) is 39.7 Å². The monoisotopic (exact) mass is 382 g/mol. The summed E-state index contributed by atoms with van der Waals surface area (Å²) in [4.78, 5) is 6.93. The van der Waals surface area contributed by atoms with E-state index in [-0.39, 0.29) is 24.0 Å². The first-order chi connectivity index (χ1) is 8.76. The SMILES string of the molecule is CCNC(=NCCN(C)CC)NC1CCCCC1.I. The number of halogens is 1. The minimum Gasteiger partial charge on any atom is -0.357 e. The summed E-state index contributed by atoms with van der Waals surface area (Å²) >= 11 is 0. The molecule has 0 bridgehead atoms. The largest absolute Gasteiger partial charge is 0.357 e. The maximum Gasteiger partial charge on any atom is 0.191 e. The Balaban J connectivity index is 0.00000324. The molecule has 1 fully saturated rings. The van der Waals surface area contributed by atoms with Gasteiger partial charge in [-0.05, 0) is 33.4 Å². The summed E-state index contributed by atoms with van der Waals surface area (Å²) in [6.07, 6.45) is 6.69. The highest BCUT2D eigenvalue weighted by molar-refractivity contribution is 14.0. The number of guanidine groups is 1. The zero-order chi connectivity index (χ0) is 13.2. The Labute approximate surface area is 135 Å². The summed E-state index contributed by atoms with van der Waals surface area (Å²) < 4.78 is 0. The molecule has 0 radical (unpaired) electrons. The van der Waals surface area contributed by atoms with E-state index in [1.807, 2.05) is 0 Å². The summed E-state index contributed by atoms with van der Waals surface area (Å²) in [7, 11) is 2.14. The Kier molecular flexibility index (Phi) is 11.7. The van der Waals surface area contributed by atoms with E-state index in [9.17, 15) is 0 Å². The first-order valence-electron chi connectivity index (χ1n) is 7.49. The van der Waals surface area contributed by atoms with Crippen molar-refractivity contribution in [3.05, 3.63) is 0 Å². The Morgan fingerprint density at radius 2 is 1.89 bits per heavy atom. The lowest BCUT2D eigenvalue weighted by Gasteiger charge is -2.25. The van der Waals surface area contributed by atoms with E-state index in [4.69, 9.17) is 0 Å². The van der Waals surface area contributed by atoms with Gasteiger partial charge in [-0.1, -0.05) is 26.2 Å². The molecule has 4 nitrogen and oxygen atoms in total. The van der Waals surface area contributed by atoms with Crippen LogP contribution >= 0.6 is 24.0 Å². The maximum atomic E-state index is 4.65. The fourth-order valence-corrected chi connectivity index (χ4v) is 2.25. The fourth-order valence-electron chi connectivity index (χ4n) is 2.25. The molecular formula is C14H31IN4. The molecule has 2 N–H and O–H groups in total. The Hall–Kier alpha value is -0.0400. The molecule has 0 aromatic rings. The summed E-state index contributed by atoms with van der Waals surface area (Å²) in [5, 5.41) is 6.91. The van der Waals surface area contributed by atoms with E-state index in [0.29, 0.717) is 6.04 Å². The van der Waals surface area contributed by atoms with Gasteiger partial charge in [0, 0.05) is 19.1 Å². The molecule has 0 aromatic heterocycles. The lowest BCUT2D eigenvalue weighted by Crippen LogP contribution is -2.44. The minimum absolute atomic E-state index is 0. The van der Waals surface area contributed by atoms with Crippen LogP contribution in [-0.2, 0) is 0 Å². The zero-order valence-electron chi connectivity index (χ0n) is 12.7. The normalized spacial score (nSPS) is 17.2. The summed E-state index contributed by atoms with van der Waals surface area (Å²) in [6.45, 7) is 8.21.